The van der Waals surface area contributed by atoms with Crippen molar-refractivity contribution in [3.63, 3.8) is 0 Å². The van der Waals surface area contributed by atoms with Crippen LogP contribution in [0.15, 0.2) is 34.2 Å². The lowest BCUT2D eigenvalue weighted by molar-refractivity contribution is 0.114. The molecule has 1 N–H and O–H groups in total. The fourth-order valence-corrected chi connectivity index (χ4v) is 4.30. The minimum atomic E-state index is 0.305. The molecule has 3 aromatic heterocycles. The van der Waals surface area contributed by atoms with Crippen LogP contribution in [0.3, 0.4) is 0 Å². The minimum Gasteiger partial charge on any atom is -0.373 e. The molecule has 5 nitrogen and oxygen atoms in total. The van der Waals surface area contributed by atoms with Gasteiger partial charge in [-0.1, -0.05) is 11.2 Å². The van der Waals surface area contributed by atoms with E-state index < -0.39 is 0 Å². The summed E-state index contributed by atoms with van der Waals surface area (Å²) in [5.74, 6) is 1.28. The van der Waals surface area contributed by atoms with Crippen molar-refractivity contribution in [3.8, 4) is 10.8 Å². The van der Waals surface area contributed by atoms with Crippen molar-refractivity contribution in [2.75, 3.05) is 6.61 Å². The second-order valence-corrected chi connectivity index (χ2v) is 7.55. The Hall–Kier alpha value is -1.54. The topological polar surface area (TPSA) is 60.2 Å². The Morgan fingerprint density at radius 1 is 1.26 bits per heavy atom. The van der Waals surface area contributed by atoms with Crippen molar-refractivity contribution in [3.05, 3.63) is 45.2 Å². The third-order valence-electron chi connectivity index (χ3n) is 3.71. The molecule has 0 saturated carbocycles. The van der Waals surface area contributed by atoms with Gasteiger partial charge >= 0.3 is 0 Å². The first-order chi connectivity index (χ1) is 11.4. The van der Waals surface area contributed by atoms with E-state index in [9.17, 15) is 0 Å². The third kappa shape index (κ3) is 3.53. The summed E-state index contributed by atoms with van der Waals surface area (Å²) in [5.41, 5.74) is 0. The number of nitrogens with one attached hydrogen (secondary N) is 1. The monoisotopic (exact) mass is 347 g/mol. The van der Waals surface area contributed by atoms with Crippen LogP contribution < -0.4 is 5.32 Å². The van der Waals surface area contributed by atoms with Crippen molar-refractivity contribution in [2.45, 2.75) is 32.0 Å². The Morgan fingerprint density at radius 3 is 3.09 bits per heavy atom. The molecule has 0 amide bonds. The van der Waals surface area contributed by atoms with E-state index in [1.165, 1.54) is 16.2 Å². The Kier molecular flexibility index (Phi) is 4.52. The Morgan fingerprint density at radius 2 is 2.26 bits per heavy atom. The van der Waals surface area contributed by atoms with Crippen molar-refractivity contribution >= 4 is 22.7 Å². The summed E-state index contributed by atoms with van der Waals surface area (Å²) in [4.78, 5) is 8.04. The van der Waals surface area contributed by atoms with Gasteiger partial charge in [-0.05, 0) is 36.4 Å². The highest BCUT2D eigenvalue weighted by Crippen LogP contribution is 2.33. The molecule has 1 aliphatic rings. The number of nitrogens with zero attached hydrogens (tertiary/aromatic N) is 2. The lowest BCUT2D eigenvalue weighted by Crippen LogP contribution is -2.12. The number of aromatic nitrogens is 2. The summed E-state index contributed by atoms with van der Waals surface area (Å²) in [5, 5.41) is 9.38. The summed E-state index contributed by atoms with van der Waals surface area (Å²) < 4.78 is 11.0. The van der Waals surface area contributed by atoms with Crippen molar-refractivity contribution in [1.29, 1.82) is 0 Å². The molecular weight excluding hydrogens is 330 g/mol. The molecule has 0 radical (unpaired) electrons. The molecule has 0 bridgehead atoms. The number of hydrogen-bond donors (Lipinski definition) is 1. The zero-order chi connectivity index (χ0) is 15.5. The van der Waals surface area contributed by atoms with Gasteiger partial charge in [-0.15, -0.1) is 22.7 Å². The van der Waals surface area contributed by atoms with Crippen LogP contribution in [-0.2, 0) is 17.8 Å². The molecule has 1 unspecified atom stereocenters. The molecule has 0 spiro atoms. The number of thiophene rings is 2. The van der Waals surface area contributed by atoms with Gasteiger partial charge in [0, 0.05) is 22.9 Å². The van der Waals surface area contributed by atoms with E-state index in [4.69, 9.17) is 9.26 Å². The maximum absolute atomic E-state index is 5.72. The fourth-order valence-electron chi connectivity index (χ4n) is 2.59. The molecule has 0 aromatic carbocycles. The van der Waals surface area contributed by atoms with Crippen LogP contribution in [0.25, 0.3) is 10.8 Å². The highest BCUT2D eigenvalue weighted by Gasteiger charge is 2.19. The SMILES string of the molecule is c1csc(-c2nc(CNCc3ccc(C4CCCO4)s3)no2)c1. The molecule has 120 valence electrons. The summed E-state index contributed by atoms with van der Waals surface area (Å²) in [6, 6.07) is 8.31. The van der Waals surface area contributed by atoms with Gasteiger partial charge in [0.05, 0.1) is 17.5 Å². The van der Waals surface area contributed by atoms with Crippen LogP contribution in [0, 0.1) is 0 Å². The lowest BCUT2D eigenvalue weighted by atomic mass is 10.2. The second kappa shape index (κ2) is 6.92. The van der Waals surface area contributed by atoms with Gasteiger partial charge in [0.25, 0.3) is 5.89 Å². The van der Waals surface area contributed by atoms with Crippen molar-refractivity contribution in [2.24, 2.45) is 0 Å². The molecule has 1 fully saturated rings. The quantitative estimate of drug-likeness (QED) is 0.730. The molecular formula is C16H17N3O2S2. The Bertz CT molecular complexity index is 745. The zero-order valence-electron chi connectivity index (χ0n) is 12.5. The third-order valence-corrected chi connectivity index (χ3v) is 5.75. The van der Waals surface area contributed by atoms with Gasteiger partial charge in [-0.3, -0.25) is 0 Å². The highest BCUT2D eigenvalue weighted by atomic mass is 32.1. The Labute approximate surface area is 142 Å². The smallest absolute Gasteiger partial charge is 0.268 e. The first-order valence-electron chi connectivity index (χ1n) is 7.66. The largest absolute Gasteiger partial charge is 0.373 e. The molecule has 23 heavy (non-hydrogen) atoms. The van der Waals surface area contributed by atoms with Gasteiger partial charge in [0.2, 0.25) is 0 Å². The maximum Gasteiger partial charge on any atom is 0.268 e. The second-order valence-electron chi connectivity index (χ2n) is 5.40. The minimum absolute atomic E-state index is 0.305. The van der Waals surface area contributed by atoms with Crippen LogP contribution in [-0.4, -0.2) is 16.7 Å². The van der Waals surface area contributed by atoms with E-state index in [-0.39, 0.29) is 0 Å². The van der Waals surface area contributed by atoms with E-state index in [1.807, 2.05) is 28.8 Å². The summed E-state index contributed by atoms with van der Waals surface area (Å²) >= 11 is 3.42. The Balaban J connectivity index is 1.30. The highest BCUT2D eigenvalue weighted by molar-refractivity contribution is 7.13. The fraction of sp³-hybridized carbons (Fsp3) is 0.375. The van der Waals surface area contributed by atoms with Crippen LogP contribution in [0.4, 0.5) is 0 Å². The predicted molar refractivity (Wildman–Crippen MR) is 90.4 cm³/mol. The van der Waals surface area contributed by atoms with Crippen LogP contribution >= 0.6 is 22.7 Å². The van der Waals surface area contributed by atoms with Crippen molar-refractivity contribution in [1.82, 2.24) is 15.5 Å². The molecule has 7 heteroatoms. The first-order valence-corrected chi connectivity index (χ1v) is 9.35. The van der Waals surface area contributed by atoms with E-state index >= 15 is 0 Å². The molecule has 4 rings (SSSR count). The average Bonchev–Trinajstić information content (AvgIpc) is 3.33. The maximum atomic E-state index is 5.72. The molecule has 0 aliphatic carbocycles. The average molecular weight is 347 g/mol. The summed E-state index contributed by atoms with van der Waals surface area (Å²) in [6.07, 6.45) is 2.61. The standard InChI is InChI=1S/C16H17N3O2S2/c1-3-12(20-7-1)13-6-5-11(23-13)9-17-10-15-18-16(21-19-15)14-4-2-8-22-14/h2,4-6,8,12,17H,1,3,7,9-10H2. The van der Waals surface area contributed by atoms with Crippen LogP contribution in [0.1, 0.15) is 34.5 Å². The van der Waals surface area contributed by atoms with Crippen LogP contribution in [0.2, 0.25) is 0 Å². The van der Waals surface area contributed by atoms with E-state index in [2.05, 4.69) is 27.6 Å². The number of hydrogen-bond acceptors (Lipinski definition) is 7. The first kappa shape index (κ1) is 15.0. The van der Waals surface area contributed by atoms with Crippen molar-refractivity contribution < 1.29 is 9.26 Å². The predicted octanol–water partition coefficient (Wildman–Crippen LogP) is 4.00. The molecule has 3 aromatic rings. The lowest BCUT2D eigenvalue weighted by Gasteiger charge is -2.05. The molecule has 1 atom stereocenters. The van der Waals surface area contributed by atoms with Gasteiger partial charge < -0.3 is 14.6 Å². The van der Waals surface area contributed by atoms with E-state index in [0.29, 0.717) is 24.4 Å². The van der Waals surface area contributed by atoms with Gasteiger partial charge in [-0.25, -0.2) is 0 Å². The van der Waals surface area contributed by atoms with Gasteiger partial charge in [0.1, 0.15) is 0 Å². The van der Waals surface area contributed by atoms with Gasteiger partial charge in [-0.2, -0.15) is 4.98 Å². The molecule has 1 saturated heterocycles. The normalized spacial score (nSPS) is 17.8. The van der Waals surface area contributed by atoms with E-state index in [1.54, 1.807) is 11.3 Å². The zero-order valence-corrected chi connectivity index (χ0v) is 14.2. The molecule has 1 aliphatic heterocycles. The molecule has 4 heterocycles. The van der Waals surface area contributed by atoms with Crippen LogP contribution in [0.5, 0.6) is 0 Å². The van der Waals surface area contributed by atoms with Gasteiger partial charge in [0.15, 0.2) is 5.82 Å². The summed E-state index contributed by atoms with van der Waals surface area (Å²) in [6.45, 7) is 2.29. The van der Waals surface area contributed by atoms with E-state index in [0.717, 1.165) is 24.4 Å². The summed E-state index contributed by atoms with van der Waals surface area (Å²) in [7, 11) is 0. The number of rotatable bonds is 6. The number of ether oxygens (including phenoxy) is 1.